The van der Waals surface area contributed by atoms with E-state index in [-0.39, 0.29) is 6.10 Å². The van der Waals surface area contributed by atoms with Gasteiger partial charge in [-0.3, -0.25) is 0 Å². The van der Waals surface area contributed by atoms with Crippen LogP contribution < -0.4 is 5.32 Å². The molecule has 2 bridgehead atoms. The van der Waals surface area contributed by atoms with Crippen molar-refractivity contribution in [3.05, 3.63) is 32.8 Å². The lowest BCUT2D eigenvalue weighted by atomic mass is 9.83. The zero-order valence-electron chi connectivity index (χ0n) is 18.3. The smallest absolute Gasteiger partial charge is 0.192 e. The maximum Gasteiger partial charge on any atom is 0.192 e. The first-order valence-electron chi connectivity index (χ1n) is 11.2. The molecule has 3 rings (SSSR count). The average Bonchev–Trinajstić information content (AvgIpc) is 3.18. The van der Waals surface area contributed by atoms with Crippen LogP contribution in [0.15, 0.2) is 12.1 Å². The molecule has 2 nitrogen and oxygen atoms in total. The molecule has 1 N–H and O–H groups in total. The Morgan fingerprint density at radius 3 is 2.00 bits per heavy atom. The first-order chi connectivity index (χ1) is 13.7. The Kier molecular flexibility index (Phi) is 7.73. The molecule has 29 heavy (non-hydrogen) atoms. The first-order valence-corrected chi connectivity index (χ1v) is 14.9. The van der Waals surface area contributed by atoms with Gasteiger partial charge in [0.25, 0.3) is 0 Å². The summed E-state index contributed by atoms with van der Waals surface area (Å²) in [4.78, 5) is 0. The summed E-state index contributed by atoms with van der Waals surface area (Å²) in [5.41, 5.74) is 1.94. The summed E-state index contributed by atoms with van der Waals surface area (Å²) in [6, 6.07) is 6.86. The van der Waals surface area contributed by atoms with Crippen molar-refractivity contribution in [2.45, 2.75) is 84.0 Å². The molecule has 0 radical (unpaired) electrons. The molecule has 1 atom stereocenters. The van der Waals surface area contributed by atoms with Crippen LogP contribution in [0.1, 0.15) is 71.5 Å². The van der Waals surface area contributed by atoms with Crippen molar-refractivity contribution < 1.29 is 4.43 Å². The fraction of sp³-hybridized carbons (Fsp3) is 0.739. The Morgan fingerprint density at radius 2 is 1.55 bits per heavy atom. The zero-order chi connectivity index (χ0) is 21.3. The van der Waals surface area contributed by atoms with E-state index in [2.05, 4.69) is 33.0 Å². The third kappa shape index (κ3) is 5.18. The van der Waals surface area contributed by atoms with Gasteiger partial charge in [0.05, 0.1) is 6.10 Å². The normalized spacial score (nSPS) is 27.6. The van der Waals surface area contributed by atoms with Gasteiger partial charge in [0, 0.05) is 33.7 Å². The van der Waals surface area contributed by atoms with Crippen molar-refractivity contribution in [3.63, 3.8) is 0 Å². The Labute approximate surface area is 193 Å². The Morgan fingerprint density at radius 1 is 1.00 bits per heavy atom. The van der Waals surface area contributed by atoms with Crippen LogP contribution in [0.3, 0.4) is 0 Å². The summed E-state index contributed by atoms with van der Waals surface area (Å²) in [6.07, 6.45) is 6.68. The SMILES string of the molecule is CC[Si](CC)(CC)OC(CNCC12CCC(C)(CC1)C2)c1c(Cl)cc(Cl)cc1Cl. The van der Waals surface area contributed by atoms with E-state index in [0.717, 1.165) is 36.8 Å². The monoisotopic (exact) mass is 475 g/mol. The molecule has 0 aliphatic heterocycles. The molecule has 0 amide bonds. The van der Waals surface area contributed by atoms with Crippen molar-refractivity contribution in [1.29, 1.82) is 0 Å². The van der Waals surface area contributed by atoms with Crippen LogP contribution in [-0.4, -0.2) is 21.4 Å². The lowest BCUT2D eigenvalue weighted by molar-refractivity contribution is 0.175. The summed E-state index contributed by atoms with van der Waals surface area (Å²) in [6.45, 7) is 11.0. The van der Waals surface area contributed by atoms with E-state index < -0.39 is 8.32 Å². The van der Waals surface area contributed by atoms with Crippen molar-refractivity contribution >= 4 is 43.1 Å². The molecule has 2 fully saturated rings. The van der Waals surface area contributed by atoms with Gasteiger partial charge in [0.1, 0.15) is 0 Å². The number of benzene rings is 1. The highest BCUT2D eigenvalue weighted by molar-refractivity contribution is 6.73. The van der Waals surface area contributed by atoms with E-state index in [1.54, 1.807) is 12.1 Å². The molecule has 2 saturated carbocycles. The molecule has 1 aromatic rings. The minimum Gasteiger partial charge on any atom is -0.409 e. The summed E-state index contributed by atoms with van der Waals surface area (Å²) >= 11 is 19.4. The van der Waals surface area contributed by atoms with E-state index in [4.69, 9.17) is 39.2 Å². The topological polar surface area (TPSA) is 21.3 Å². The lowest BCUT2D eigenvalue weighted by Gasteiger charge is -2.35. The summed E-state index contributed by atoms with van der Waals surface area (Å²) in [5.74, 6) is 0. The van der Waals surface area contributed by atoms with Crippen LogP contribution >= 0.6 is 34.8 Å². The summed E-state index contributed by atoms with van der Waals surface area (Å²) in [5, 5.41) is 5.55. The number of halogens is 3. The molecule has 2 aliphatic carbocycles. The highest BCUT2D eigenvalue weighted by Gasteiger charge is 2.51. The lowest BCUT2D eigenvalue weighted by Crippen LogP contribution is -2.41. The molecule has 6 heteroatoms. The van der Waals surface area contributed by atoms with Gasteiger partial charge in [0.2, 0.25) is 0 Å². The van der Waals surface area contributed by atoms with Gasteiger partial charge in [0.15, 0.2) is 8.32 Å². The van der Waals surface area contributed by atoms with E-state index in [1.165, 1.54) is 32.1 Å². The quantitative estimate of drug-likeness (QED) is 0.343. The third-order valence-electron chi connectivity index (χ3n) is 7.84. The fourth-order valence-electron chi connectivity index (χ4n) is 5.72. The fourth-order valence-corrected chi connectivity index (χ4v) is 9.58. The molecular weight excluding hydrogens is 441 g/mol. The van der Waals surface area contributed by atoms with E-state index in [0.29, 0.717) is 25.9 Å². The number of fused-ring (bicyclic) bond motifs is 2. The molecule has 0 heterocycles. The zero-order valence-corrected chi connectivity index (χ0v) is 21.6. The summed E-state index contributed by atoms with van der Waals surface area (Å²) < 4.78 is 6.90. The van der Waals surface area contributed by atoms with Gasteiger partial charge in [-0.15, -0.1) is 0 Å². The van der Waals surface area contributed by atoms with E-state index in [1.807, 2.05) is 0 Å². The summed E-state index contributed by atoms with van der Waals surface area (Å²) in [7, 11) is -1.83. The molecule has 2 aliphatic rings. The predicted octanol–water partition coefficient (Wildman–Crippen LogP) is 8.27. The number of hydrogen-bond donors (Lipinski definition) is 1. The maximum atomic E-state index is 6.90. The Hall–Kier alpha value is 0.227. The second-order valence-electron chi connectivity index (χ2n) is 9.75. The second-order valence-corrected chi connectivity index (χ2v) is 15.7. The van der Waals surface area contributed by atoms with Gasteiger partial charge >= 0.3 is 0 Å². The number of rotatable bonds is 10. The van der Waals surface area contributed by atoms with Gasteiger partial charge < -0.3 is 9.74 Å². The van der Waals surface area contributed by atoms with E-state index in [9.17, 15) is 0 Å². The predicted molar refractivity (Wildman–Crippen MR) is 129 cm³/mol. The van der Waals surface area contributed by atoms with Crippen LogP contribution in [-0.2, 0) is 4.43 Å². The molecule has 0 aromatic heterocycles. The molecule has 1 unspecified atom stereocenters. The van der Waals surface area contributed by atoms with Crippen LogP contribution in [0.4, 0.5) is 0 Å². The van der Waals surface area contributed by atoms with Gasteiger partial charge in [-0.2, -0.15) is 0 Å². The van der Waals surface area contributed by atoms with Crippen LogP contribution in [0.2, 0.25) is 33.2 Å². The minimum atomic E-state index is -1.83. The Balaban J connectivity index is 1.78. The number of nitrogens with one attached hydrogen (secondary N) is 1. The van der Waals surface area contributed by atoms with Gasteiger partial charge in [-0.05, 0) is 73.2 Å². The van der Waals surface area contributed by atoms with Gasteiger partial charge in [-0.1, -0.05) is 62.5 Å². The minimum absolute atomic E-state index is 0.135. The Bertz CT molecular complexity index is 683. The van der Waals surface area contributed by atoms with Crippen molar-refractivity contribution in [2.24, 2.45) is 10.8 Å². The van der Waals surface area contributed by atoms with Crippen molar-refractivity contribution in [3.8, 4) is 0 Å². The highest BCUT2D eigenvalue weighted by Crippen LogP contribution is 2.61. The molecule has 1 aromatic carbocycles. The van der Waals surface area contributed by atoms with Gasteiger partial charge in [-0.25, -0.2) is 0 Å². The third-order valence-corrected chi connectivity index (χ3v) is 13.3. The van der Waals surface area contributed by atoms with Crippen LogP contribution in [0.25, 0.3) is 0 Å². The molecule has 0 saturated heterocycles. The van der Waals surface area contributed by atoms with Crippen LogP contribution in [0, 0.1) is 10.8 Å². The maximum absolute atomic E-state index is 6.90. The molecule has 0 spiro atoms. The van der Waals surface area contributed by atoms with Crippen molar-refractivity contribution in [1.82, 2.24) is 5.32 Å². The van der Waals surface area contributed by atoms with E-state index >= 15 is 0 Å². The highest BCUT2D eigenvalue weighted by atomic mass is 35.5. The van der Waals surface area contributed by atoms with Crippen LogP contribution in [0.5, 0.6) is 0 Å². The molecular formula is C23H36Cl3NOSi. The average molecular weight is 477 g/mol. The number of hydrogen-bond acceptors (Lipinski definition) is 2. The first kappa shape index (κ1) is 23.9. The van der Waals surface area contributed by atoms with Crippen molar-refractivity contribution in [2.75, 3.05) is 13.1 Å². The second kappa shape index (κ2) is 9.38. The standard InChI is InChI=1S/C23H36Cl3NOSi/c1-5-29(6-2,7-3)28-20(21-18(25)12-17(24)13-19(21)26)14-27-16-23-10-8-22(4,15-23)9-11-23/h12-13,20,27H,5-11,14-16H2,1-4H3. The largest absolute Gasteiger partial charge is 0.409 e. The molecule has 164 valence electrons.